The number of aromatic nitrogens is 2. The molecule has 0 spiro atoms. The summed E-state index contributed by atoms with van der Waals surface area (Å²) >= 11 is 1.27. The molecule has 0 aliphatic carbocycles. The molecular weight excluding hydrogens is 364 g/mol. The Morgan fingerprint density at radius 1 is 1.15 bits per heavy atom. The Labute approximate surface area is 163 Å². The summed E-state index contributed by atoms with van der Waals surface area (Å²) in [7, 11) is 0. The lowest BCUT2D eigenvalue weighted by Gasteiger charge is -2.10. The number of rotatable bonds is 9. The molecule has 1 heterocycles. The van der Waals surface area contributed by atoms with Crippen LogP contribution in [-0.2, 0) is 4.79 Å². The predicted molar refractivity (Wildman–Crippen MR) is 107 cm³/mol. The van der Waals surface area contributed by atoms with Crippen LogP contribution in [0, 0.1) is 13.8 Å². The van der Waals surface area contributed by atoms with Crippen molar-refractivity contribution >= 4 is 23.9 Å². The van der Waals surface area contributed by atoms with Crippen molar-refractivity contribution in [2.45, 2.75) is 32.9 Å². The summed E-state index contributed by atoms with van der Waals surface area (Å²) in [6, 6.07) is 7.37. The molecule has 0 atom stereocenters. The Kier molecular flexibility index (Phi) is 8.06. The number of nitrogens with zero attached hydrogens (tertiary/aromatic N) is 3. The Morgan fingerprint density at radius 3 is 2.52 bits per heavy atom. The standard InChI is InChI=1S/C19H24N4O3S/c1-5-25-16-8-7-15(17(10-16)26-6-2)11-20-23-18(24)12-27-19-21-13(3)9-14(4)22-19/h7-11H,5-6,12H2,1-4H3,(H,23,24)/b20-11-. The van der Waals surface area contributed by atoms with Gasteiger partial charge in [0.2, 0.25) is 0 Å². The minimum absolute atomic E-state index is 0.182. The predicted octanol–water partition coefficient (Wildman–Crippen LogP) is 3.13. The van der Waals surface area contributed by atoms with Gasteiger partial charge in [-0.05, 0) is 45.9 Å². The number of benzene rings is 1. The first-order valence-electron chi connectivity index (χ1n) is 8.68. The smallest absolute Gasteiger partial charge is 0.250 e. The first-order chi connectivity index (χ1) is 13.0. The molecule has 2 aromatic rings. The highest BCUT2D eigenvalue weighted by atomic mass is 32.2. The fraction of sp³-hybridized carbons (Fsp3) is 0.368. The first-order valence-corrected chi connectivity index (χ1v) is 9.67. The van der Waals surface area contributed by atoms with Crippen LogP contribution in [0.2, 0.25) is 0 Å². The van der Waals surface area contributed by atoms with Crippen molar-refractivity contribution in [1.29, 1.82) is 0 Å². The molecule has 0 fully saturated rings. The molecule has 0 aliphatic heterocycles. The number of thioether (sulfide) groups is 1. The van der Waals surface area contributed by atoms with E-state index in [4.69, 9.17) is 9.47 Å². The molecule has 0 saturated carbocycles. The molecule has 8 heteroatoms. The number of carbonyl (C=O) groups is 1. The van der Waals surface area contributed by atoms with Gasteiger partial charge in [0.05, 0.1) is 25.2 Å². The first kappa shape index (κ1) is 20.7. The van der Waals surface area contributed by atoms with Crippen molar-refractivity contribution in [1.82, 2.24) is 15.4 Å². The Hall–Kier alpha value is -2.61. The van der Waals surface area contributed by atoms with Crippen LogP contribution in [0.15, 0.2) is 34.5 Å². The van der Waals surface area contributed by atoms with Crippen molar-refractivity contribution in [3.8, 4) is 11.5 Å². The molecule has 0 bridgehead atoms. The molecule has 2 rings (SSSR count). The van der Waals surface area contributed by atoms with Crippen LogP contribution in [0.1, 0.15) is 30.8 Å². The molecule has 1 N–H and O–H groups in total. The van der Waals surface area contributed by atoms with E-state index in [1.165, 1.54) is 11.8 Å². The lowest BCUT2D eigenvalue weighted by molar-refractivity contribution is -0.118. The van der Waals surface area contributed by atoms with Gasteiger partial charge < -0.3 is 9.47 Å². The van der Waals surface area contributed by atoms with Gasteiger partial charge in [-0.1, -0.05) is 11.8 Å². The Bertz CT molecular complexity index is 791. The van der Waals surface area contributed by atoms with Gasteiger partial charge in [-0.3, -0.25) is 4.79 Å². The van der Waals surface area contributed by atoms with Crippen LogP contribution < -0.4 is 14.9 Å². The molecule has 27 heavy (non-hydrogen) atoms. The van der Waals surface area contributed by atoms with Crippen LogP contribution in [0.25, 0.3) is 0 Å². The largest absolute Gasteiger partial charge is 0.494 e. The second-order valence-electron chi connectivity index (χ2n) is 5.58. The fourth-order valence-electron chi connectivity index (χ4n) is 2.25. The SMILES string of the molecule is CCOc1ccc(/C=N\NC(=O)CSc2nc(C)cc(C)n2)c(OCC)c1. The van der Waals surface area contributed by atoms with Crippen LogP contribution in [0.3, 0.4) is 0 Å². The molecule has 0 saturated heterocycles. The zero-order chi connectivity index (χ0) is 19.6. The molecular formula is C19H24N4O3S. The monoisotopic (exact) mass is 388 g/mol. The van der Waals surface area contributed by atoms with E-state index in [0.717, 1.165) is 22.7 Å². The van der Waals surface area contributed by atoms with Gasteiger partial charge in [-0.25, -0.2) is 15.4 Å². The van der Waals surface area contributed by atoms with Gasteiger partial charge in [-0.15, -0.1) is 0 Å². The second kappa shape index (κ2) is 10.5. The summed E-state index contributed by atoms with van der Waals surface area (Å²) in [5.74, 6) is 1.33. The quantitative estimate of drug-likeness (QED) is 0.307. The molecule has 0 aliphatic rings. The van der Waals surface area contributed by atoms with Crippen molar-refractivity contribution in [3.05, 3.63) is 41.2 Å². The highest BCUT2D eigenvalue weighted by molar-refractivity contribution is 7.99. The van der Waals surface area contributed by atoms with Gasteiger partial charge in [0, 0.05) is 23.0 Å². The summed E-state index contributed by atoms with van der Waals surface area (Å²) < 4.78 is 11.1. The summed E-state index contributed by atoms with van der Waals surface area (Å²) in [6.07, 6.45) is 1.55. The average Bonchev–Trinajstić information content (AvgIpc) is 2.61. The molecule has 0 radical (unpaired) electrons. The third-order valence-corrected chi connectivity index (χ3v) is 4.13. The number of aryl methyl sites for hydroxylation is 2. The van der Waals surface area contributed by atoms with Gasteiger partial charge in [0.1, 0.15) is 11.5 Å². The number of amides is 1. The van der Waals surface area contributed by atoms with Crippen molar-refractivity contribution in [3.63, 3.8) is 0 Å². The van der Waals surface area contributed by atoms with Crippen molar-refractivity contribution < 1.29 is 14.3 Å². The number of nitrogens with one attached hydrogen (secondary N) is 1. The molecule has 1 aromatic carbocycles. The summed E-state index contributed by atoms with van der Waals surface area (Å²) in [5, 5.41) is 4.59. The number of ether oxygens (including phenoxy) is 2. The van der Waals surface area contributed by atoms with Crippen LogP contribution in [-0.4, -0.2) is 41.1 Å². The summed E-state index contributed by atoms with van der Waals surface area (Å²) in [6.45, 7) is 8.73. The lowest BCUT2D eigenvalue weighted by atomic mass is 10.2. The normalized spacial score (nSPS) is 10.8. The third-order valence-electron chi connectivity index (χ3n) is 3.28. The van der Waals surface area contributed by atoms with Crippen LogP contribution in [0.4, 0.5) is 0 Å². The van der Waals surface area contributed by atoms with Gasteiger partial charge in [0.25, 0.3) is 5.91 Å². The van der Waals surface area contributed by atoms with E-state index < -0.39 is 0 Å². The van der Waals surface area contributed by atoms with Crippen molar-refractivity contribution in [2.24, 2.45) is 5.10 Å². The maximum atomic E-state index is 12.0. The third kappa shape index (κ3) is 6.90. The van der Waals surface area contributed by atoms with Gasteiger partial charge in [-0.2, -0.15) is 5.10 Å². The molecule has 0 unspecified atom stereocenters. The minimum atomic E-state index is -0.233. The number of hydrazone groups is 1. The van der Waals surface area contributed by atoms with E-state index in [1.54, 1.807) is 6.21 Å². The zero-order valence-corrected chi connectivity index (χ0v) is 16.8. The maximum Gasteiger partial charge on any atom is 0.250 e. The number of hydrogen-bond acceptors (Lipinski definition) is 7. The second-order valence-corrected chi connectivity index (χ2v) is 6.52. The fourth-order valence-corrected chi connectivity index (χ4v) is 2.99. The number of hydrogen-bond donors (Lipinski definition) is 1. The van der Waals surface area contributed by atoms with E-state index >= 15 is 0 Å². The summed E-state index contributed by atoms with van der Waals surface area (Å²) in [5.41, 5.74) is 5.02. The van der Waals surface area contributed by atoms with E-state index in [9.17, 15) is 4.79 Å². The van der Waals surface area contributed by atoms with E-state index in [2.05, 4.69) is 20.5 Å². The van der Waals surface area contributed by atoms with Crippen LogP contribution in [0.5, 0.6) is 11.5 Å². The number of carbonyl (C=O) groups excluding carboxylic acids is 1. The lowest BCUT2D eigenvalue weighted by Crippen LogP contribution is -2.20. The average molecular weight is 388 g/mol. The topological polar surface area (TPSA) is 85.7 Å². The van der Waals surface area contributed by atoms with E-state index in [0.29, 0.717) is 24.1 Å². The highest BCUT2D eigenvalue weighted by Gasteiger charge is 2.07. The van der Waals surface area contributed by atoms with Gasteiger partial charge in [0.15, 0.2) is 5.16 Å². The highest BCUT2D eigenvalue weighted by Crippen LogP contribution is 2.24. The minimum Gasteiger partial charge on any atom is -0.494 e. The molecule has 1 aromatic heterocycles. The molecule has 144 valence electrons. The Balaban J connectivity index is 1.92. The van der Waals surface area contributed by atoms with Crippen molar-refractivity contribution in [2.75, 3.05) is 19.0 Å². The zero-order valence-electron chi connectivity index (χ0n) is 16.0. The summed E-state index contributed by atoms with van der Waals surface area (Å²) in [4.78, 5) is 20.6. The van der Waals surface area contributed by atoms with E-state index in [-0.39, 0.29) is 11.7 Å². The Morgan fingerprint density at radius 2 is 1.85 bits per heavy atom. The molecule has 1 amide bonds. The van der Waals surface area contributed by atoms with Crippen LogP contribution >= 0.6 is 11.8 Å². The van der Waals surface area contributed by atoms with Gasteiger partial charge >= 0.3 is 0 Å². The van der Waals surface area contributed by atoms with E-state index in [1.807, 2.05) is 52.0 Å². The molecule has 7 nitrogen and oxygen atoms in total. The maximum absolute atomic E-state index is 12.0.